The van der Waals surface area contributed by atoms with Gasteiger partial charge in [-0.25, -0.2) is 4.79 Å². The van der Waals surface area contributed by atoms with E-state index in [0.717, 1.165) is 17.4 Å². The minimum absolute atomic E-state index is 0.0555. The van der Waals surface area contributed by atoms with E-state index in [-0.39, 0.29) is 11.8 Å². The number of hydrogen-bond acceptors (Lipinski definition) is 3. The van der Waals surface area contributed by atoms with Crippen molar-refractivity contribution >= 4 is 11.7 Å². The summed E-state index contributed by atoms with van der Waals surface area (Å²) in [4.78, 5) is 14.0. The molecule has 0 aromatic heterocycles. The second-order valence-corrected chi connectivity index (χ2v) is 6.90. The lowest BCUT2D eigenvalue weighted by Gasteiger charge is -2.38. The monoisotopic (exact) mass is 338 g/mol. The maximum absolute atomic E-state index is 12.2. The molecule has 1 aliphatic carbocycles. The predicted octanol–water partition coefficient (Wildman–Crippen LogP) is 3.81. The molecule has 25 heavy (non-hydrogen) atoms. The molecule has 2 aliphatic rings. The molecule has 0 radical (unpaired) electrons. The van der Waals surface area contributed by atoms with E-state index in [9.17, 15) is 9.90 Å². The zero-order valence-electron chi connectivity index (χ0n) is 14.0. The number of benzene rings is 2. The number of amides is 2. The average Bonchev–Trinajstić information content (AvgIpc) is 3.41. The van der Waals surface area contributed by atoms with Crippen LogP contribution in [0.1, 0.15) is 24.3 Å². The molecule has 130 valence electrons. The van der Waals surface area contributed by atoms with Crippen molar-refractivity contribution in [1.82, 2.24) is 4.90 Å². The van der Waals surface area contributed by atoms with Crippen molar-refractivity contribution in [3.05, 3.63) is 54.1 Å². The molecule has 1 heterocycles. The maximum atomic E-state index is 12.2. The molecule has 1 saturated heterocycles. The average molecular weight is 338 g/mol. The van der Waals surface area contributed by atoms with E-state index in [2.05, 4.69) is 17.4 Å². The first-order chi connectivity index (χ1) is 12.2. The van der Waals surface area contributed by atoms with Gasteiger partial charge in [0.05, 0.1) is 6.61 Å². The van der Waals surface area contributed by atoms with Crippen LogP contribution in [0.4, 0.5) is 10.5 Å². The number of carbonyl (C=O) groups is 1. The summed E-state index contributed by atoms with van der Waals surface area (Å²) in [5, 5.41) is 12.2. The number of phenolic OH excluding ortho intramolecular Hbond substituents is 1. The van der Waals surface area contributed by atoms with Gasteiger partial charge in [-0.1, -0.05) is 12.1 Å². The number of hydrogen-bond donors (Lipinski definition) is 2. The van der Waals surface area contributed by atoms with E-state index in [4.69, 9.17) is 4.74 Å². The van der Waals surface area contributed by atoms with Gasteiger partial charge in [-0.2, -0.15) is 0 Å². The summed E-state index contributed by atoms with van der Waals surface area (Å²) in [5.74, 6) is 2.03. The van der Waals surface area contributed by atoms with Gasteiger partial charge in [0.1, 0.15) is 11.5 Å². The zero-order chi connectivity index (χ0) is 17.2. The van der Waals surface area contributed by atoms with E-state index in [1.54, 1.807) is 29.2 Å². The molecule has 0 atom stereocenters. The molecule has 2 N–H and O–H groups in total. The Morgan fingerprint density at radius 2 is 1.76 bits per heavy atom. The van der Waals surface area contributed by atoms with Crippen molar-refractivity contribution in [2.75, 3.05) is 25.0 Å². The van der Waals surface area contributed by atoms with Crippen LogP contribution in [0.2, 0.25) is 0 Å². The molecule has 2 fully saturated rings. The number of aromatic hydroxyl groups is 1. The quantitative estimate of drug-likeness (QED) is 0.871. The smallest absolute Gasteiger partial charge is 0.321 e. The third kappa shape index (κ3) is 3.87. The highest BCUT2D eigenvalue weighted by Gasteiger charge is 2.31. The highest BCUT2D eigenvalue weighted by molar-refractivity contribution is 5.89. The number of carbonyl (C=O) groups excluding carboxylic acids is 1. The summed E-state index contributed by atoms with van der Waals surface area (Å²) in [5.41, 5.74) is 2.21. The Kier molecular flexibility index (Phi) is 4.22. The normalized spacial score (nSPS) is 17.0. The minimum atomic E-state index is -0.0555. The molecule has 4 rings (SSSR count). The molecule has 0 spiro atoms. The first-order valence-corrected chi connectivity index (χ1v) is 8.75. The third-order valence-electron chi connectivity index (χ3n) is 4.78. The lowest BCUT2D eigenvalue weighted by molar-refractivity contribution is 0.0924. The molecule has 1 aliphatic heterocycles. The molecular weight excluding hydrogens is 316 g/mol. The standard InChI is InChI=1S/C20H22N2O3/c23-18-7-9-19(10-8-18)25-13-14-11-22(12-14)20(24)21-17-5-3-16(4-6-17)15-1-2-15/h3-10,14-15,23H,1-2,11-13H2,(H,21,24). The van der Waals surface area contributed by atoms with Crippen molar-refractivity contribution in [3.8, 4) is 11.5 Å². The Bertz CT molecular complexity index is 733. The van der Waals surface area contributed by atoms with E-state index >= 15 is 0 Å². The Balaban J connectivity index is 1.20. The van der Waals surface area contributed by atoms with Crippen molar-refractivity contribution < 1.29 is 14.6 Å². The molecule has 2 aromatic carbocycles. The van der Waals surface area contributed by atoms with Gasteiger partial charge in [0.15, 0.2) is 0 Å². The summed E-state index contributed by atoms with van der Waals surface area (Å²) >= 11 is 0. The number of likely N-dealkylation sites (tertiary alicyclic amines) is 1. The molecule has 0 unspecified atom stereocenters. The number of nitrogens with one attached hydrogen (secondary N) is 1. The van der Waals surface area contributed by atoms with Crippen molar-refractivity contribution in [2.45, 2.75) is 18.8 Å². The van der Waals surface area contributed by atoms with Gasteiger partial charge < -0.3 is 20.1 Å². The summed E-state index contributed by atoms with van der Waals surface area (Å²) in [7, 11) is 0. The molecule has 1 saturated carbocycles. The van der Waals surface area contributed by atoms with E-state index < -0.39 is 0 Å². The van der Waals surface area contributed by atoms with Crippen molar-refractivity contribution in [1.29, 1.82) is 0 Å². The molecule has 0 bridgehead atoms. The summed E-state index contributed by atoms with van der Waals surface area (Å²) in [6, 6.07) is 14.8. The number of phenols is 1. The van der Waals surface area contributed by atoms with E-state index in [0.29, 0.717) is 25.6 Å². The first kappa shape index (κ1) is 15.8. The topological polar surface area (TPSA) is 61.8 Å². The number of urea groups is 1. The maximum Gasteiger partial charge on any atom is 0.321 e. The Hall–Kier alpha value is -2.69. The van der Waals surface area contributed by atoms with Crippen LogP contribution in [0.25, 0.3) is 0 Å². The SMILES string of the molecule is O=C(Nc1ccc(C2CC2)cc1)N1CC(COc2ccc(O)cc2)C1. The van der Waals surface area contributed by atoms with Gasteiger partial charge in [-0.3, -0.25) is 0 Å². The number of nitrogens with zero attached hydrogens (tertiary/aromatic N) is 1. The van der Waals surface area contributed by atoms with Gasteiger partial charge in [0, 0.05) is 24.7 Å². The molecule has 2 amide bonds. The third-order valence-corrected chi connectivity index (χ3v) is 4.78. The van der Waals surface area contributed by atoms with Crippen molar-refractivity contribution in [3.63, 3.8) is 0 Å². The van der Waals surface area contributed by atoms with Crippen LogP contribution in [0.3, 0.4) is 0 Å². The van der Waals surface area contributed by atoms with Gasteiger partial charge in [-0.15, -0.1) is 0 Å². The van der Waals surface area contributed by atoms with Crippen molar-refractivity contribution in [2.24, 2.45) is 5.92 Å². The van der Waals surface area contributed by atoms with E-state index in [1.165, 1.54) is 18.4 Å². The van der Waals surface area contributed by atoms with Gasteiger partial charge in [0.25, 0.3) is 0 Å². The van der Waals surface area contributed by atoms with Crippen LogP contribution in [-0.4, -0.2) is 35.7 Å². The van der Waals surface area contributed by atoms with Crippen LogP contribution < -0.4 is 10.1 Å². The van der Waals surface area contributed by atoms with E-state index in [1.807, 2.05) is 12.1 Å². The lowest BCUT2D eigenvalue weighted by Crippen LogP contribution is -2.53. The lowest BCUT2D eigenvalue weighted by atomic mass is 10.0. The first-order valence-electron chi connectivity index (χ1n) is 8.75. The summed E-state index contributed by atoms with van der Waals surface area (Å²) in [6.07, 6.45) is 2.57. The number of ether oxygens (including phenoxy) is 1. The van der Waals surface area contributed by atoms with Crippen LogP contribution in [-0.2, 0) is 0 Å². The number of rotatable bonds is 5. The second-order valence-electron chi connectivity index (χ2n) is 6.90. The summed E-state index contributed by atoms with van der Waals surface area (Å²) in [6.45, 7) is 1.97. The van der Waals surface area contributed by atoms with Gasteiger partial charge in [-0.05, 0) is 60.7 Å². The zero-order valence-corrected chi connectivity index (χ0v) is 14.0. The van der Waals surface area contributed by atoms with Crippen LogP contribution >= 0.6 is 0 Å². The predicted molar refractivity (Wildman–Crippen MR) is 96.1 cm³/mol. The fourth-order valence-electron chi connectivity index (χ4n) is 3.06. The van der Waals surface area contributed by atoms with Crippen LogP contribution in [0, 0.1) is 5.92 Å². The van der Waals surface area contributed by atoms with Gasteiger partial charge >= 0.3 is 6.03 Å². The second kappa shape index (κ2) is 6.67. The fraction of sp³-hybridized carbons (Fsp3) is 0.350. The minimum Gasteiger partial charge on any atom is -0.508 e. The molecular formula is C20H22N2O3. The Labute approximate surface area is 147 Å². The molecule has 5 heteroatoms. The largest absolute Gasteiger partial charge is 0.508 e. The van der Waals surface area contributed by atoms with Gasteiger partial charge in [0.2, 0.25) is 0 Å². The summed E-state index contributed by atoms with van der Waals surface area (Å²) < 4.78 is 5.68. The molecule has 2 aromatic rings. The highest BCUT2D eigenvalue weighted by atomic mass is 16.5. The number of anilines is 1. The molecule has 5 nitrogen and oxygen atoms in total. The van der Waals surface area contributed by atoms with Crippen LogP contribution in [0.15, 0.2) is 48.5 Å². The highest BCUT2D eigenvalue weighted by Crippen LogP contribution is 2.40. The Morgan fingerprint density at radius 1 is 1.08 bits per heavy atom. The Morgan fingerprint density at radius 3 is 2.40 bits per heavy atom. The van der Waals surface area contributed by atoms with Crippen LogP contribution in [0.5, 0.6) is 11.5 Å². The fourth-order valence-corrected chi connectivity index (χ4v) is 3.06.